The van der Waals surface area contributed by atoms with Crippen molar-refractivity contribution in [1.82, 2.24) is 72.0 Å². The molecule has 1 saturated heterocycles. The summed E-state index contributed by atoms with van der Waals surface area (Å²) in [6.45, 7) is 5.69. The highest BCUT2D eigenvalue weighted by Crippen LogP contribution is 2.29. The first kappa shape index (κ1) is 104. The summed E-state index contributed by atoms with van der Waals surface area (Å²) in [4.78, 5) is 243. The number of nitrogens with two attached hydrogens (primary N) is 1. The third-order valence-electron chi connectivity index (χ3n) is 22.6. The Hall–Kier alpha value is -13.9. The summed E-state index contributed by atoms with van der Waals surface area (Å²) >= 11 is 0.709. The topological polar surface area (TPSA) is 508 Å². The fourth-order valence-electron chi connectivity index (χ4n) is 15.4. The van der Waals surface area contributed by atoms with Gasteiger partial charge in [0.2, 0.25) is 82.7 Å². The molecule has 39 heteroatoms. The Labute approximate surface area is 771 Å². The molecule has 0 radical (unpaired) electrons. The van der Waals surface area contributed by atoms with Gasteiger partial charge in [-0.2, -0.15) is 11.8 Å². The Morgan fingerprint density at radius 3 is 1.62 bits per heavy atom. The molecule has 11 atom stereocenters. The van der Waals surface area contributed by atoms with E-state index in [4.69, 9.17) is 5.73 Å². The highest BCUT2D eigenvalue weighted by Gasteiger charge is 2.43. The van der Waals surface area contributed by atoms with Gasteiger partial charge >= 0.3 is 5.97 Å². The minimum Gasteiger partial charge on any atom is -0.508 e. The van der Waals surface area contributed by atoms with Crippen molar-refractivity contribution in [3.63, 3.8) is 0 Å². The van der Waals surface area contributed by atoms with Crippen LogP contribution < -0.4 is 48.3 Å². The molecule has 15 N–H and O–H groups in total. The van der Waals surface area contributed by atoms with Gasteiger partial charge in [0.15, 0.2) is 29.0 Å². The summed E-state index contributed by atoms with van der Waals surface area (Å²) in [7, 11) is 6.13. The van der Waals surface area contributed by atoms with Crippen LogP contribution in [0.3, 0.4) is 0 Å². The first-order valence-corrected chi connectivity index (χ1v) is 44.5. The smallest absolute Gasteiger partial charge is 0.305 e. The van der Waals surface area contributed by atoms with Crippen LogP contribution in [0.2, 0.25) is 0 Å². The molecule has 2 heterocycles. The van der Waals surface area contributed by atoms with Crippen molar-refractivity contribution in [3.05, 3.63) is 197 Å². The monoisotopic (exact) mass is 1860 g/mol. The maximum atomic E-state index is 15.5. The number of aliphatic carboxylic acids is 1. The van der Waals surface area contributed by atoms with Crippen LogP contribution >= 0.6 is 11.8 Å². The molecule has 1 aliphatic rings. The van der Waals surface area contributed by atoms with Crippen molar-refractivity contribution in [3.8, 4) is 17.2 Å². The highest BCUT2D eigenvalue weighted by molar-refractivity contribution is 8.00. The SMILES string of the molecule is CCCC[C@H]1C(=O)N(C)CC(=O)N[C@@H](CC(=O)O)C(=O)N[C@@H](C(C)C)C(=O)N(C)[C@@H](Cc2ccccc2)C(=O)N[C@@H](Cc2ccc(O)cc2)C(=O)N(C)CC(=O)N[C@@H](Cc2c[nH]c3ccccc23)C(=O)N[C@@H](Cc2ccc(O)c(O)c2)C(=O)N[C@@H](CC(C)C)C(=O)N[C@H](C(=O)NCC(N)=O)CSCC(=O)C[C@@H](Cc2cc(F)c(F)c(F)c2)C(=O)N(C)[C@@H](Cc2ccccc2)C(=O)N1C. The number of fused-ring (bicyclic) bond motifs is 1. The Bertz CT molecular complexity index is 5320. The number of phenolic OH excluding ortho intramolecular Hbond substituents is 3. The number of benzene rings is 6. The highest BCUT2D eigenvalue weighted by atomic mass is 32.2. The van der Waals surface area contributed by atoms with Gasteiger partial charge in [0.25, 0.3) is 0 Å². The van der Waals surface area contributed by atoms with Crippen molar-refractivity contribution in [2.75, 3.05) is 66.4 Å². The number of aromatic nitrogens is 1. The Kier molecular flexibility index (Phi) is 38.8. The van der Waals surface area contributed by atoms with E-state index in [-0.39, 0.29) is 61.8 Å². The number of halogens is 3. The molecule has 0 bridgehead atoms. The third kappa shape index (κ3) is 30.6. The number of para-hydroxylation sites is 1. The number of Topliss-reactive ketones (excluding diaryl/α,β-unsaturated/α-hetero) is 1. The van der Waals surface area contributed by atoms with Crippen LogP contribution in [0.25, 0.3) is 10.9 Å². The molecule has 0 aliphatic carbocycles. The van der Waals surface area contributed by atoms with E-state index in [1.54, 1.807) is 112 Å². The summed E-state index contributed by atoms with van der Waals surface area (Å²) in [5.74, 6) is -27.1. The van der Waals surface area contributed by atoms with Gasteiger partial charge in [-0.3, -0.25) is 76.7 Å². The van der Waals surface area contributed by atoms with Crippen LogP contribution in [0, 0.1) is 35.2 Å². The zero-order valence-corrected chi connectivity index (χ0v) is 76.4. The summed E-state index contributed by atoms with van der Waals surface area (Å²) in [6, 6.07) is 17.2. The maximum absolute atomic E-state index is 15.5. The number of rotatable bonds is 23. The van der Waals surface area contributed by atoms with Crippen LogP contribution in [-0.4, -0.2) is 271 Å². The maximum Gasteiger partial charge on any atom is 0.305 e. The Balaban J connectivity index is 1.23. The van der Waals surface area contributed by atoms with Gasteiger partial charge in [0, 0.05) is 103 Å². The fourth-order valence-corrected chi connectivity index (χ4v) is 16.3. The molecule has 35 nitrogen and oxygen atoms in total. The molecule has 1 fully saturated rings. The molecule has 8 rings (SSSR count). The number of ketones is 1. The van der Waals surface area contributed by atoms with E-state index in [2.05, 4.69) is 47.5 Å². The minimum atomic E-state index is -1.96. The van der Waals surface area contributed by atoms with Crippen molar-refractivity contribution < 1.29 is 110 Å². The lowest BCUT2D eigenvalue weighted by Crippen LogP contribution is -2.61. The summed E-state index contributed by atoms with van der Waals surface area (Å²) in [5, 5.41) is 63.0. The number of H-pyrrole nitrogens is 1. The van der Waals surface area contributed by atoms with Crippen LogP contribution in [0.4, 0.5) is 13.2 Å². The van der Waals surface area contributed by atoms with E-state index in [1.807, 2.05) is 0 Å². The van der Waals surface area contributed by atoms with Gasteiger partial charge in [-0.05, 0) is 107 Å². The summed E-state index contributed by atoms with van der Waals surface area (Å²) in [6.07, 6.45) is -2.20. The van der Waals surface area contributed by atoms with Crippen molar-refractivity contribution >= 4 is 117 Å². The number of carboxylic acid groups (broad SMARTS) is 1. The molecule has 714 valence electrons. The van der Waals surface area contributed by atoms with Gasteiger partial charge in [-0.1, -0.05) is 145 Å². The quantitative estimate of drug-likeness (QED) is 0.0322. The predicted molar refractivity (Wildman–Crippen MR) is 485 cm³/mol. The number of likely N-dealkylation sites (N-methyl/N-ethyl adjacent to an activating group) is 5. The molecule has 0 spiro atoms. The molecule has 0 saturated carbocycles. The van der Waals surface area contributed by atoms with Gasteiger partial charge in [0.1, 0.15) is 72.0 Å². The number of hydrogen-bond acceptors (Lipinski definition) is 20. The van der Waals surface area contributed by atoms with Crippen LogP contribution in [0.15, 0.2) is 146 Å². The van der Waals surface area contributed by atoms with E-state index in [9.17, 15) is 68.0 Å². The number of primary amides is 1. The zero-order chi connectivity index (χ0) is 97.8. The number of amides is 14. The number of carbonyl (C=O) groups is 16. The predicted octanol–water partition coefficient (Wildman–Crippen LogP) is 3.54. The second-order valence-corrected chi connectivity index (χ2v) is 35.0. The average Bonchev–Trinajstić information content (AvgIpc) is 0.958. The van der Waals surface area contributed by atoms with Crippen molar-refractivity contribution in [1.29, 1.82) is 0 Å². The number of aromatic amines is 1. The zero-order valence-electron chi connectivity index (χ0n) is 75.6. The average molecular weight is 1870 g/mol. The van der Waals surface area contributed by atoms with Crippen LogP contribution in [-0.2, 0) is 115 Å². The molecule has 14 amide bonds. The van der Waals surface area contributed by atoms with E-state index >= 15 is 42.3 Å². The number of nitrogens with zero attached hydrogens (tertiary/aromatic N) is 5. The number of nitrogens with one attached hydrogen (secondary N) is 9. The minimum absolute atomic E-state index is 0.0679. The lowest BCUT2D eigenvalue weighted by atomic mass is 9.91. The first-order valence-electron chi connectivity index (χ1n) is 43.3. The molecule has 0 unspecified atom stereocenters. The van der Waals surface area contributed by atoms with Crippen LogP contribution in [0.5, 0.6) is 17.2 Å². The number of hydrogen-bond donors (Lipinski definition) is 14. The molecular weight excluding hydrogens is 1750 g/mol. The molecular formula is C94H116F3N15O20S. The number of phenols is 3. The molecule has 6 aromatic carbocycles. The van der Waals surface area contributed by atoms with Gasteiger partial charge in [0.05, 0.1) is 31.8 Å². The van der Waals surface area contributed by atoms with Crippen molar-refractivity contribution in [2.24, 2.45) is 23.5 Å². The molecule has 7 aromatic rings. The van der Waals surface area contributed by atoms with Gasteiger partial charge in [-0.15, -0.1) is 0 Å². The second-order valence-electron chi connectivity index (χ2n) is 33.9. The lowest BCUT2D eigenvalue weighted by molar-refractivity contribution is -0.152. The third-order valence-corrected chi connectivity index (χ3v) is 23.7. The van der Waals surface area contributed by atoms with Crippen molar-refractivity contribution in [2.45, 2.75) is 172 Å². The van der Waals surface area contributed by atoms with Crippen LogP contribution in [0.1, 0.15) is 107 Å². The second kappa shape index (κ2) is 49.4. The number of aromatic hydroxyl groups is 3. The standard InChI is InChI=1S/C94H116F3N15O20S/c1-11-12-27-73-92(130)109(7)49-80(119)102-70(45-81(120)121)88(126)107-83(53(4)5)94(132)111(9)74(40-54-21-15-13-16-22-54)89(127)105-71(38-56-28-31-61(113)32-29-56)91(129)108(6)48-79(118)101-69(44-60-46-99-66-26-20-19-25-63(60)66)87(125)104-68(39-57-30-33-76(115)77(116)42-57)86(124)103-67(34-52(2)3)85(123)106-72(84(122)100-47-78(98)117)51-133-50-62(114)43-59(35-58-36-64(95)82(97)65(96)37-58)90(128)112(10)75(93(131)110(73)8)41-55-23-17-14-18-24-55/h13-26,28-33,36-37,42,46,52-53,59,67-75,83,99,113,115-116H,11-12,27,34-35,38-41,43-45,47-51H2,1-10H3,(H2,98,117)(H,100,122)(H,101,118)(H,102,119)(H,103,124)(H,104,125)(H,105,127)(H,106,123)(H,107,126)(H,120,121)/t59-,67+,68+,69+,70+,71+,72+,73+,74+,75+,83+/m1/s1. The number of thioether (sulfide) groups is 1. The van der Waals surface area contributed by atoms with Gasteiger partial charge < -0.3 is 98.2 Å². The first-order chi connectivity index (χ1) is 63.0. The summed E-state index contributed by atoms with van der Waals surface area (Å²) in [5.41, 5.74) is 7.61. The number of unbranched alkanes of at least 4 members (excludes halogenated alkanes) is 1. The lowest BCUT2D eigenvalue weighted by Gasteiger charge is -2.37. The van der Waals surface area contributed by atoms with Gasteiger partial charge in [-0.25, -0.2) is 13.2 Å². The number of carboxylic acids is 1. The Morgan fingerprint density at radius 1 is 0.511 bits per heavy atom. The Morgan fingerprint density at radius 2 is 1.03 bits per heavy atom. The molecule has 133 heavy (non-hydrogen) atoms. The fraction of sp³-hybridized carbons (Fsp3) is 0.426. The normalized spacial score (nSPS) is 21.7. The van der Waals surface area contributed by atoms with E-state index in [0.29, 0.717) is 63.5 Å². The molecule has 1 aromatic heterocycles. The largest absolute Gasteiger partial charge is 0.508 e. The van der Waals surface area contributed by atoms with E-state index in [0.717, 1.165) is 36.6 Å². The summed E-state index contributed by atoms with van der Waals surface area (Å²) < 4.78 is 45.0. The molecule has 1 aliphatic heterocycles. The number of carbonyl (C=O) groups excluding carboxylic acids is 15. The van der Waals surface area contributed by atoms with E-state index in [1.165, 1.54) is 79.4 Å². The van der Waals surface area contributed by atoms with E-state index < -0.39 is 258 Å².